The number of hydrogen-bond acceptors (Lipinski definition) is 4. The van der Waals surface area contributed by atoms with E-state index in [1.165, 1.54) is 18.5 Å². The van der Waals surface area contributed by atoms with Crippen molar-refractivity contribution in [1.29, 1.82) is 0 Å². The second-order valence-electron chi connectivity index (χ2n) is 8.72. The van der Waals surface area contributed by atoms with Crippen LogP contribution in [0.1, 0.15) is 45.2 Å². The lowest BCUT2D eigenvalue weighted by Gasteiger charge is -2.13. The van der Waals surface area contributed by atoms with E-state index in [0.717, 1.165) is 33.5 Å². The molecule has 2 amide bonds. The molecule has 0 fully saturated rings. The van der Waals surface area contributed by atoms with Gasteiger partial charge in [-0.1, -0.05) is 37.3 Å². The van der Waals surface area contributed by atoms with E-state index >= 15 is 0 Å². The highest BCUT2D eigenvalue weighted by atomic mass is 19.1. The molecule has 9 heteroatoms. The smallest absolute Gasteiger partial charge is 0.291 e. The molecule has 0 radical (unpaired) electrons. The second kappa shape index (κ2) is 10.2. The Morgan fingerprint density at radius 3 is 2.47 bits per heavy atom. The van der Waals surface area contributed by atoms with Crippen LogP contribution >= 0.6 is 0 Å². The van der Waals surface area contributed by atoms with Gasteiger partial charge < -0.3 is 10.6 Å². The Kier molecular flexibility index (Phi) is 7.00. The van der Waals surface area contributed by atoms with Gasteiger partial charge in [-0.25, -0.2) is 9.07 Å². The topological polar surface area (TPSA) is 97.5 Å². The summed E-state index contributed by atoms with van der Waals surface area (Å²) in [6, 6.07) is 11.7. The normalized spacial score (nSPS) is 11.0. The molecule has 2 aromatic carbocycles. The van der Waals surface area contributed by atoms with Crippen molar-refractivity contribution in [1.82, 2.24) is 19.5 Å². The fourth-order valence-electron chi connectivity index (χ4n) is 4.39. The van der Waals surface area contributed by atoms with E-state index in [9.17, 15) is 18.8 Å². The number of amides is 2. The summed E-state index contributed by atoms with van der Waals surface area (Å²) < 4.78 is 15.8. The van der Waals surface area contributed by atoms with Crippen LogP contribution in [0.2, 0.25) is 0 Å². The quantitative estimate of drug-likeness (QED) is 0.414. The molecule has 8 nitrogen and oxygen atoms in total. The van der Waals surface area contributed by atoms with E-state index in [1.807, 2.05) is 32.0 Å². The molecule has 0 saturated carbocycles. The Morgan fingerprint density at radius 2 is 1.78 bits per heavy atom. The summed E-state index contributed by atoms with van der Waals surface area (Å²) in [5, 5.41) is 9.89. The summed E-state index contributed by atoms with van der Waals surface area (Å²) in [6.45, 7) is 7.31. The molecule has 0 aliphatic carbocycles. The van der Waals surface area contributed by atoms with Gasteiger partial charge >= 0.3 is 0 Å². The summed E-state index contributed by atoms with van der Waals surface area (Å²) in [7, 11) is 0. The van der Waals surface area contributed by atoms with E-state index < -0.39 is 5.56 Å². The first-order valence-corrected chi connectivity index (χ1v) is 11.7. The van der Waals surface area contributed by atoms with Crippen molar-refractivity contribution in [2.24, 2.45) is 0 Å². The Balaban J connectivity index is 1.58. The molecule has 0 atom stereocenters. The summed E-state index contributed by atoms with van der Waals surface area (Å²) in [5.74, 6) is -1.07. The zero-order valence-corrected chi connectivity index (χ0v) is 20.7. The molecule has 0 aliphatic heterocycles. The molecule has 0 bridgehead atoms. The number of nitrogens with zero attached hydrogens (tertiary/aromatic N) is 3. The van der Waals surface area contributed by atoms with Crippen LogP contribution in [-0.2, 0) is 24.3 Å². The van der Waals surface area contributed by atoms with E-state index in [1.54, 1.807) is 30.4 Å². The van der Waals surface area contributed by atoms with Crippen molar-refractivity contribution in [2.75, 3.05) is 5.32 Å². The van der Waals surface area contributed by atoms with Gasteiger partial charge in [0.1, 0.15) is 24.2 Å². The zero-order chi connectivity index (χ0) is 26.0. The lowest BCUT2D eigenvalue weighted by Crippen LogP contribution is -2.31. The molecular formula is C27H28FN5O3. The number of para-hydroxylation sites is 1. The molecule has 186 valence electrons. The van der Waals surface area contributed by atoms with Crippen LogP contribution in [-0.4, -0.2) is 26.0 Å². The molecule has 0 saturated heterocycles. The van der Waals surface area contributed by atoms with Crippen molar-refractivity contribution in [2.45, 2.75) is 47.2 Å². The van der Waals surface area contributed by atoms with Gasteiger partial charge in [0.05, 0.1) is 5.56 Å². The predicted molar refractivity (Wildman–Crippen MR) is 136 cm³/mol. The van der Waals surface area contributed by atoms with Gasteiger partial charge in [-0.2, -0.15) is 5.10 Å². The van der Waals surface area contributed by atoms with Crippen LogP contribution in [0.15, 0.2) is 53.6 Å². The number of aromatic nitrogens is 3. The Labute approximate surface area is 207 Å². The fraction of sp³-hybridized carbons (Fsp3) is 0.259. The van der Waals surface area contributed by atoms with E-state index in [0.29, 0.717) is 16.8 Å². The van der Waals surface area contributed by atoms with Crippen LogP contribution in [0.3, 0.4) is 0 Å². The van der Waals surface area contributed by atoms with Gasteiger partial charge in [0.25, 0.3) is 11.5 Å². The van der Waals surface area contributed by atoms with Gasteiger partial charge in [-0.05, 0) is 61.6 Å². The lowest BCUT2D eigenvalue weighted by atomic mass is 10.1. The average Bonchev–Trinajstić information content (AvgIpc) is 3.11. The first-order chi connectivity index (χ1) is 17.2. The summed E-state index contributed by atoms with van der Waals surface area (Å²) in [6.07, 6.45) is 2.20. The second-order valence-corrected chi connectivity index (χ2v) is 8.72. The Bertz CT molecular complexity index is 1520. The number of carbonyl (C=O) groups is 2. The van der Waals surface area contributed by atoms with Gasteiger partial charge in [0.2, 0.25) is 5.91 Å². The summed E-state index contributed by atoms with van der Waals surface area (Å²) >= 11 is 0. The number of benzene rings is 2. The van der Waals surface area contributed by atoms with Crippen molar-refractivity contribution < 1.29 is 14.0 Å². The predicted octanol–water partition coefficient (Wildman–Crippen LogP) is 3.69. The maximum atomic E-state index is 13.3. The molecule has 4 rings (SSSR count). The van der Waals surface area contributed by atoms with Crippen molar-refractivity contribution in [3.63, 3.8) is 0 Å². The third-order valence-corrected chi connectivity index (χ3v) is 6.33. The minimum atomic E-state index is -0.466. The SMILES string of the molecule is CCc1cccc(C)c1NC(=O)Cn1ncn2c(C)c(C(=O)NCc3ccc(F)cc3)c(C)c2c1=O. The minimum absolute atomic E-state index is 0.214. The third kappa shape index (κ3) is 4.77. The molecular weight excluding hydrogens is 461 g/mol. The maximum absolute atomic E-state index is 13.3. The van der Waals surface area contributed by atoms with E-state index in [4.69, 9.17) is 0 Å². The maximum Gasteiger partial charge on any atom is 0.291 e. The molecule has 36 heavy (non-hydrogen) atoms. The number of anilines is 1. The van der Waals surface area contributed by atoms with Crippen molar-refractivity contribution in [3.05, 3.63) is 98.5 Å². The third-order valence-electron chi connectivity index (χ3n) is 6.33. The van der Waals surface area contributed by atoms with Gasteiger partial charge in [-0.3, -0.25) is 18.8 Å². The largest absolute Gasteiger partial charge is 0.348 e. The lowest BCUT2D eigenvalue weighted by molar-refractivity contribution is -0.117. The van der Waals surface area contributed by atoms with Crippen LogP contribution in [0.25, 0.3) is 5.52 Å². The molecule has 2 N–H and O–H groups in total. The molecule has 4 aromatic rings. The number of fused-ring (bicyclic) bond motifs is 1. The Morgan fingerprint density at radius 1 is 1.06 bits per heavy atom. The standard InChI is InChI=1S/C27H28FN5O3/c1-5-20-8-6-7-16(2)24(20)31-22(34)14-33-27(36)25-17(3)23(18(4)32(25)15-30-33)26(35)29-13-19-9-11-21(28)12-10-19/h6-12,15H,5,13-14H2,1-4H3,(H,29,35)(H,31,34). The van der Waals surface area contributed by atoms with Crippen LogP contribution in [0.5, 0.6) is 0 Å². The molecule has 0 unspecified atom stereocenters. The number of rotatable bonds is 7. The monoisotopic (exact) mass is 489 g/mol. The van der Waals surface area contributed by atoms with E-state index in [2.05, 4.69) is 15.7 Å². The molecule has 0 aliphatic rings. The number of hydrogen-bond donors (Lipinski definition) is 2. The number of aryl methyl sites for hydroxylation is 4. The van der Waals surface area contributed by atoms with E-state index in [-0.39, 0.29) is 36.2 Å². The van der Waals surface area contributed by atoms with Crippen LogP contribution in [0.4, 0.5) is 10.1 Å². The fourth-order valence-corrected chi connectivity index (χ4v) is 4.39. The number of halogens is 1. The van der Waals surface area contributed by atoms with Crippen LogP contribution < -0.4 is 16.2 Å². The average molecular weight is 490 g/mol. The van der Waals surface area contributed by atoms with Crippen LogP contribution in [0, 0.1) is 26.6 Å². The van der Waals surface area contributed by atoms with Crippen molar-refractivity contribution >= 4 is 23.0 Å². The molecule has 2 aromatic heterocycles. The van der Waals surface area contributed by atoms with Gasteiger partial charge in [-0.15, -0.1) is 0 Å². The molecule has 2 heterocycles. The van der Waals surface area contributed by atoms with Gasteiger partial charge in [0.15, 0.2) is 0 Å². The zero-order valence-electron chi connectivity index (χ0n) is 20.7. The summed E-state index contributed by atoms with van der Waals surface area (Å²) in [5.41, 5.74) is 4.68. The first kappa shape index (κ1) is 24.8. The highest BCUT2D eigenvalue weighted by Crippen LogP contribution is 2.22. The van der Waals surface area contributed by atoms with Crippen molar-refractivity contribution in [3.8, 4) is 0 Å². The number of carbonyl (C=O) groups excluding carboxylic acids is 2. The Hall–Kier alpha value is -4.27. The molecule has 0 spiro atoms. The first-order valence-electron chi connectivity index (χ1n) is 11.7. The number of nitrogens with one attached hydrogen (secondary N) is 2. The highest BCUT2D eigenvalue weighted by Gasteiger charge is 2.22. The minimum Gasteiger partial charge on any atom is -0.348 e. The highest BCUT2D eigenvalue weighted by molar-refractivity contribution is 5.99. The van der Waals surface area contributed by atoms with Gasteiger partial charge in [0, 0.05) is 17.9 Å². The summed E-state index contributed by atoms with van der Waals surface area (Å²) in [4.78, 5) is 39.0.